The van der Waals surface area contributed by atoms with Crippen molar-refractivity contribution >= 4 is 5.69 Å². The molecule has 2 rings (SSSR count). The van der Waals surface area contributed by atoms with Crippen LogP contribution >= 0.6 is 0 Å². The highest BCUT2D eigenvalue weighted by Crippen LogP contribution is 2.37. The highest BCUT2D eigenvalue weighted by Gasteiger charge is 2.23. The molecule has 0 spiro atoms. The van der Waals surface area contributed by atoms with Gasteiger partial charge in [0.05, 0.1) is 12.8 Å². The summed E-state index contributed by atoms with van der Waals surface area (Å²) in [6, 6.07) is 4.68. The van der Waals surface area contributed by atoms with Crippen LogP contribution in [0.15, 0.2) is 12.1 Å². The molecular weight excluding hydrogens is 200 g/mol. The lowest BCUT2D eigenvalue weighted by atomic mass is 9.86. The van der Waals surface area contributed by atoms with Crippen molar-refractivity contribution in [3.8, 4) is 5.75 Å². The number of benzene rings is 1. The van der Waals surface area contributed by atoms with Gasteiger partial charge in [-0.05, 0) is 56.6 Å². The number of anilines is 1. The quantitative estimate of drug-likeness (QED) is 0.777. The Morgan fingerprint density at radius 1 is 1.38 bits per heavy atom. The van der Waals surface area contributed by atoms with E-state index in [1.807, 2.05) is 0 Å². The Labute approximate surface area is 97.2 Å². The van der Waals surface area contributed by atoms with Gasteiger partial charge in [-0.3, -0.25) is 0 Å². The van der Waals surface area contributed by atoms with E-state index in [0.717, 1.165) is 17.9 Å². The number of aryl methyl sites for hydroxylation is 1. The average molecular weight is 220 g/mol. The standard InChI is InChI=1S/C13H20N2O/c1-15(2)12-6-4-5-9-7-13(16-3)11(14)8-10(9)12/h7-8,12H,4-6,14H2,1-3H3. The Morgan fingerprint density at radius 2 is 2.12 bits per heavy atom. The first-order valence-electron chi connectivity index (χ1n) is 5.76. The predicted octanol–water partition coefficient (Wildman–Crippen LogP) is 2.22. The monoisotopic (exact) mass is 220 g/mol. The van der Waals surface area contributed by atoms with Gasteiger partial charge in [0.1, 0.15) is 5.75 Å². The van der Waals surface area contributed by atoms with Crippen LogP contribution < -0.4 is 10.5 Å². The summed E-state index contributed by atoms with van der Waals surface area (Å²) in [5.41, 5.74) is 9.47. The van der Waals surface area contributed by atoms with Gasteiger partial charge in [0.2, 0.25) is 0 Å². The third-order valence-electron chi connectivity index (χ3n) is 3.40. The van der Waals surface area contributed by atoms with Crippen LogP contribution in [-0.4, -0.2) is 26.1 Å². The minimum absolute atomic E-state index is 0.497. The number of nitrogens with zero attached hydrogens (tertiary/aromatic N) is 1. The van der Waals surface area contributed by atoms with E-state index >= 15 is 0 Å². The van der Waals surface area contributed by atoms with Gasteiger partial charge in [-0.2, -0.15) is 0 Å². The molecule has 88 valence electrons. The van der Waals surface area contributed by atoms with E-state index in [2.05, 4.69) is 31.1 Å². The smallest absolute Gasteiger partial charge is 0.142 e. The molecule has 1 atom stereocenters. The Morgan fingerprint density at radius 3 is 2.75 bits per heavy atom. The van der Waals surface area contributed by atoms with E-state index in [0.29, 0.717) is 6.04 Å². The summed E-state index contributed by atoms with van der Waals surface area (Å²) in [6.45, 7) is 0. The average Bonchev–Trinajstić information content (AvgIpc) is 2.27. The molecule has 3 nitrogen and oxygen atoms in total. The SMILES string of the molecule is COc1cc2c(cc1N)C(N(C)C)CCC2. The largest absolute Gasteiger partial charge is 0.495 e. The molecule has 0 saturated carbocycles. The van der Waals surface area contributed by atoms with Crippen molar-refractivity contribution in [3.05, 3.63) is 23.3 Å². The van der Waals surface area contributed by atoms with Crippen molar-refractivity contribution in [1.82, 2.24) is 4.90 Å². The van der Waals surface area contributed by atoms with Crippen LogP contribution in [0.2, 0.25) is 0 Å². The van der Waals surface area contributed by atoms with Crippen LogP contribution in [0.4, 0.5) is 5.69 Å². The highest BCUT2D eigenvalue weighted by atomic mass is 16.5. The van der Waals surface area contributed by atoms with Gasteiger partial charge in [0.25, 0.3) is 0 Å². The van der Waals surface area contributed by atoms with Crippen LogP contribution in [0, 0.1) is 0 Å². The maximum atomic E-state index is 5.97. The lowest BCUT2D eigenvalue weighted by Crippen LogP contribution is -2.24. The lowest BCUT2D eigenvalue weighted by molar-refractivity contribution is 0.268. The summed E-state index contributed by atoms with van der Waals surface area (Å²) in [5, 5.41) is 0. The van der Waals surface area contributed by atoms with Crippen molar-refractivity contribution in [2.45, 2.75) is 25.3 Å². The molecule has 0 saturated heterocycles. The molecule has 2 N–H and O–H groups in total. The Hall–Kier alpha value is -1.22. The molecule has 3 heteroatoms. The maximum absolute atomic E-state index is 5.97. The maximum Gasteiger partial charge on any atom is 0.142 e. The van der Waals surface area contributed by atoms with Crippen molar-refractivity contribution in [3.63, 3.8) is 0 Å². The minimum atomic E-state index is 0.497. The lowest BCUT2D eigenvalue weighted by Gasteiger charge is -2.31. The van der Waals surface area contributed by atoms with Crippen molar-refractivity contribution in [1.29, 1.82) is 0 Å². The van der Waals surface area contributed by atoms with E-state index in [-0.39, 0.29) is 0 Å². The third-order valence-corrected chi connectivity index (χ3v) is 3.40. The van der Waals surface area contributed by atoms with Crippen molar-refractivity contribution in [2.75, 3.05) is 26.9 Å². The molecule has 0 heterocycles. The fraction of sp³-hybridized carbons (Fsp3) is 0.538. The molecule has 0 amide bonds. The topological polar surface area (TPSA) is 38.5 Å². The number of nitrogen functional groups attached to an aromatic ring is 1. The Balaban J connectivity index is 2.45. The number of ether oxygens (including phenoxy) is 1. The Kier molecular flexibility index (Phi) is 3.06. The second-order valence-electron chi connectivity index (χ2n) is 4.66. The molecule has 0 aliphatic heterocycles. The second kappa shape index (κ2) is 4.34. The molecule has 1 aromatic carbocycles. The molecule has 1 aliphatic carbocycles. The Bertz CT molecular complexity index is 388. The van der Waals surface area contributed by atoms with Gasteiger partial charge in [0.15, 0.2) is 0 Å². The van der Waals surface area contributed by atoms with E-state index in [1.54, 1.807) is 7.11 Å². The molecule has 0 aromatic heterocycles. The number of rotatable bonds is 2. The third kappa shape index (κ3) is 1.87. The van der Waals surface area contributed by atoms with E-state index < -0.39 is 0 Å². The molecular formula is C13H20N2O. The van der Waals surface area contributed by atoms with Crippen LogP contribution in [-0.2, 0) is 6.42 Å². The van der Waals surface area contributed by atoms with Crippen LogP contribution in [0.3, 0.4) is 0 Å². The highest BCUT2D eigenvalue weighted by molar-refractivity contribution is 5.58. The summed E-state index contributed by atoms with van der Waals surface area (Å²) in [4.78, 5) is 2.27. The summed E-state index contributed by atoms with van der Waals surface area (Å²) >= 11 is 0. The first kappa shape index (κ1) is 11.3. The first-order chi connectivity index (χ1) is 7.63. The summed E-state index contributed by atoms with van der Waals surface area (Å²) < 4.78 is 5.27. The fourth-order valence-electron chi connectivity index (χ4n) is 2.54. The normalized spacial score (nSPS) is 19.6. The second-order valence-corrected chi connectivity index (χ2v) is 4.66. The number of methoxy groups -OCH3 is 1. The zero-order chi connectivity index (χ0) is 11.7. The predicted molar refractivity (Wildman–Crippen MR) is 66.8 cm³/mol. The first-order valence-corrected chi connectivity index (χ1v) is 5.76. The number of nitrogens with two attached hydrogens (primary N) is 1. The molecule has 1 aliphatic rings. The summed E-state index contributed by atoms with van der Waals surface area (Å²) in [5.74, 6) is 0.804. The van der Waals surface area contributed by atoms with Crippen LogP contribution in [0.25, 0.3) is 0 Å². The van der Waals surface area contributed by atoms with Crippen LogP contribution in [0.5, 0.6) is 5.75 Å². The van der Waals surface area contributed by atoms with Gasteiger partial charge in [-0.15, -0.1) is 0 Å². The van der Waals surface area contributed by atoms with Gasteiger partial charge >= 0.3 is 0 Å². The molecule has 0 bridgehead atoms. The van der Waals surface area contributed by atoms with Gasteiger partial charge in [0, 0.05) is 6.04 Å². The molecule has 1 unspecified atom stereocenters. The van der Waals surface area contributed by atoms with E-state index in [4.69, 9.17) is 10.5 Å². The molecule has 1 aromatic rings. The number of hydrogen-bond donors (Lipinski definition) is 1. The summed E-state index contributed by atoms with van der Waals surface area (Å²) in [7, 11) is 5.92. The van der Waals surface area contributed by atoms with Gasteiger partial charge in [-0.25, -0.2) is 0 Å². The van der Waals surface area contributed by atoms with Crippen molar-refractivity contribution < 1.29 is 4.74 Å². The number of hydrogen-bond acceptors (Lipinski definition) is 3. The molecule has 16 heavy (non-hydrogen) atoms. The van der Waals surface area contributed by atoms with Crippen molar-refractivity contribution in [2.24, 2.45) is 0 Å². The minimum Gasteiger partial charge on any atom is -0.495 e. The van der Waals surface area contributed by atoms with Gasteiger partial charge < -0.3 is 15.4 Å². The molecule has 0 radical (unpaired) electrons. The van der Waals surface area contributed by atoms with E-state index in [9.17, 15) is 0 Å². The summed E-state index contributed by atoms with van der Waals surface area (Å²) in [6.07, 6.45) is 3.59. The van der Waals surface area contributed by atoms with E-state index in [1.165, 1.54) is 24.0 Å². The zero-order valence-corrected chi connectivity index (χ0v) is 10.3. The van der Waals surface area contributed by atoms with Crippen LogP contribution in [0.1, 0.15) is 30.0 Å². The molecule has 0 fully saturated rings. The number of fused-ring (bicyclic) bond motifs is 1. The zero-order valence-electron chi connectivity index (χ0n) is 10.3. The van der Waals surface area contributed by atoms with Gasteiger partial charge in [-0.1, -0.05) is 0 Å². The fourth-order valence-corrected chi connectivity index (χ4v) is 2.54.